The van der Waals surface area contributed by atoms with Crippen LogP contribution in [-0.2, 0) is 11.3 Å². The first-order valence-electron chi connectivity index (χ1n) is 7.88. The first-order valence-corrected chi connectivity index (χ1v) is 8.67. The van der Waals surface area contributed by atoms with Crippen LogP contribution in [0.15, 0.2) is 16.9 Å². The summed E-state index contributed by atoms with van der Waals surface area (Å²) in [6.45, 7) is 7.83. The number of piperidine rings is 1. The average molecular weight is 384 g/mol. The average Bonchev–Trinajstić information content (AvgIpc) is 2.88. The molecule has 6 nitrogen and oxygen atoms in total. The van der Waals surface area contributed by atoms with Crippen LogP contribution in [-0.4, -0.2) is 39.2 Å². The Kier molecular flexibility index (Phi) is 4.40. The van der Waals surface area contributed by atoms with Crippen molar-refractivity contribution in [2.75, 3.05) is 13.1 Å². The Balaban J connectivity index is 1.62. The summed E-state index contributed by atoms with van der Waals surface area (Å²) in [5.74, 6) is 0.386. The third-order valence-electron chi connectivity index (χ3n) is 4.02. The number of hydrogen-bond acceptors (Lipinski definition) is 4. The first kappa shape index (κ1) is 16.4. The van der Waals surface area contributed by atoms with Crippen LogP contribution >= 0.6 is 15.9 Å². The minimum absolute atomic E-state index is 0.222. The quantitative estimate of drug-likeness (QED) is 0.742. The van der Waals surface area contributed by atoms with Gasteiger partial charge in [0, 0.05) is 24.7 Å². The summed E-state index contributed by atoms with van der Waals surface area (Å²) in [5, 5.41) is 0. The molecule has 0 spiro atoms. The van der Waals surface area contributed by atoms with E-state index in [1.807, 2.05) is 27.0 Å². The van der Waals surface area contributed by atoms with E-state index in [4.69, 9.17) is 9.47 Å². The Morgan fingerprint density at radius 1 is 1.39 bits per heavy atom. The minimum Gasteiger partial charge on any atom is -0.444 e. The molecule has 1 fully saturated rings. The van der Waals surface area contributed by atoms with E-state index in [0.717, 1.165) is 23.9 Å². The minimum atomic E-state index is -0.450. The molecule has 3 rings (SSSR count). The third-order valence-corrected chi connectivity index (χ3v) is 4.45. The van der Waals surface area contributed by atoms with Crippen molar-refractivity contribution in [2.24, 2.45) is 0 Å². The van der Waals surface area contributed by atoms with Crippen molar-refractivity contribution in [2.45, 2.75) is 51.7 Å². The number of carbonyl (C=O) groups is 1. The fourth-order valence-corrected chi connectivity index (χ4v) is 3.28. The van der Waals surface area contributed by atoms with E-state index in [9.17, 15) is 4.79 Å². The molecular weight excluding hydrogens is 362 g/mol. The van der Waals surface area contributed by atoms with Crippen molar-refractivity contribution in [1.29, 1.82) is 0 Å². The van der Waals surface area contributed by atoms with Gasteiger partial charge in [0.15, 0.2) is 0 Å². The number of hydrogen-bond donors (Lipinski definition) is 0. The molecule has 1 aromatic heterocycles. The second-order valence-corrected chi connectivity index (χ2v) is 7.99. The Morgan fingerprint density at radius 2 is 2.09 bits per heavy atom. The topological polar surface area (TPSA) is 56.6 Å². The molecule has 0 N–H and O–H groups in total. The molecule has 0 bridgehead atoms. The molecule has 0 aromatic carbocycles. The highest BCUT2D eigenvalue weighted by atomic mass is 79.9. The van der Waals surface area contributed by atoms with E-state index in [2.05, 4.69) is 25.5 Å². The maximum Gasteiger partial charge on any atom is 0.410 e. The van der Waals surface area contributed by atoms with Gasteiger partial charge in [0.1, 0.15) is 11.9 Å². The fourth-order valence-electron chi connectivity index (χ4n) is 2.94. The summed E-state index contributed by atoms with van der Waals surface area (Å²) in [5.41, 5.74) is 0.725. The lowest BCUT2D eigenvalue weighted by Gasteiger charge is -2.33. The van der Waals surface area contributed by atoms with Crippen LogP contribution in [0.1, 0.15) is 45.2 Å². The van der Waals surface area contributed by atoms with Gasteiger partial charge >= 0.3 is 12.1 Å². The molecule has 0 radical (unpaired) electrons. The van der Waals surface area contributed by atoms with Crippen LogP contribution in [0.4, 0.5) is 4.79 Å². The standard InChI is InChI=1S/C16H22BrN3O3/c1-16(2,3)23-15(21)19-6-4-11(5-7-19)13-8-18-14-20(13)9-12(17)10-22-14/h8,10-11H,4-7,9H2,1-3H3. The van der Waals surface area contributed by atoms with Crippen LogP contribution in [0.2, 0.25) is 0 Å². The van der Waals surface area contributed by atoms with Crippen molar-refractivity contribution < 1.29 is 14.3 Å². The normalized spacial score (nSPS) is 19.0. The van der Waals surface area contributed by atoms with Gasteiger partial charge in [-0.15, -0.1) is 0 Å². The Morgan fingerprint density at radius 3 is 2.74 bits per heavy atom. The van der Waals surface area contributed by atoms with Gasteiger partial charge in [-0.25, -0.2) is 9.78 Å². The van der Waals surface area contributed by atoms with Gasteiger partial charge in [0.25, 0.3) is 0 Å². The smallest absolute Gasteiger partial charge is 0.410 e. The molecule has 7 heteroatoms. The number of allylic oxidation sites excluding steroid dienone is 1. The summed E-state index contributed by atoms with van der Waals surface area (Å²) in [4.78, 5) is 18.3. The number of imidazole rings is 1. The third kappa shape index (κ3) is 3.71. The lowest BCUT2D eigenvalue weighted by atomic mass is 9.94. The van der Waals surface area contributed by atoms with E-state index in [-0.39, 0.29) is 6.09 Å². The Hall–Kier alpha value is -1.50. The van der Waals surface area contributed by atoms with Crippen molar-refractivity contribution >= 4 is 22.0 Å². The number of carbonyl (C=O) groups excluding carboxylic acids is 1. The second-order valence-electron chi connectivity index (χ2n) is 6.98. The Bertz CT molecular complexity index is 625. The van der Waals surface area contributed by atoms with Crippen LogP contribution in [0.5, 0.6) is 6.01 Å². The van der Waals surface area contributed by atoms with E-state index in [1.54, 1.807) is 11.2 Å². The zero-order valence-corrected chi connectivity index (χ0v) is 15.3. The summed E-state index contributed by atoms with van der Waals surface area (Å²) >= 11 is 3.48. The highest BCUT2D eigenvalue weighted by molar-refractivity contribution is 9.11. The molecule has 2 aliphatic rings. The molecule has 1 saturated heterocycles. The van der Waals surface area contributed by atoms with Crippen molar-refractivity contribution in [3.63, 3.8) is 0 Å². The lowest BCUT2D eigenvalue weighted by Crippen LogP contribution is -2.41. The largest absolute Gasteiger partial charge is 0.444 e. The number of fused-ring (bicyclic) bond motifs is 1. The SMILES string of the molecule is CC(C)(C)OC(=O)N1CCC(c2cnc3n2CC(Br)=CO3)CC1. The van der Waals surface area contributed by atoms with Gasteiger partial charge in [0.2, 0.25) is 0 Å². The molecule has 3 heterocycles. The van der Waals surface area contributed by atoms with Gasteiger partial charge in [0.05, 0.1) is 17.2 Å². The zero-order valence-electron chi connectivity index (χ0n) is 13.7. The number of likely N-dealkylation sites (tertiary alicyclic amines) is 1. The van der Waals surface area contributed by atoms with Crippen molar-refractivity contribution in [3.05, 3.63) is 22.6 Å². The second kappa shape index (κ2) is 6.19. The fraction of sp³-hybridized carbons (Fsp3) is 0.625. The van der Waals surface area contributed by atoms with Gasteiger partial charge in [-0.2, -0.15) is 0 Å². The molecule has 23 heavy (non-hydrogen) atoms. The molecule has 0 unspecified atom stereocenters. The molecule has 0 atom stereocenters. The number of halogens is 1. The van der Waals surface area contributed by atoms with Crippen LogP contribution in [0, 0.1) is 0 Å². The maximum absolute atomic E-state index is 12.1. The van der Waals surface area contributed by atoms with E-state index >= 15 is 0 Å². The van der Waals surface area contributed by atoms with E-state index in [1.165, 1.54) is 5.69 Å². The predicted molar refractivity (Wildman–Crippen MR) is 89.6 cm³/mol. The van der Waals surface area contributed by atoms with E-state index in [0.29, 0.717) is 25.0 Å². The number of aromatic nitrogens is 2. The molecule has 0 aliphatic carbocycles. The van der Waals surface area contributed by atoms with Gasteiger partial charge in [-0.1, -0.05) is 15.9 Å². The molecule has 1 amide bonds. The summed E-state index contributed by atoms with van der Waals surface area (Å²) in [6, 6.07) is 0.637. The molecule has 2 aliphatic heterocycles. The first-order chi connectivity index (χ1) is 10.8. The van der Waals surface area contributed by atoms with Crippen LogP contribution < -0.4 is 4.74 Å². The molecule has 1 aromatic rings. The molecule has 0 saturated carbocycles. The highest BCUT2D eigenvalue weighted by Crippen LogP contribution is 2.33. The maximum atomic E-state index is 12.1. The number of rotatable bonds is 1. The lowest BCUT2D eigenvalue weighted by molar-refractivity contribution is 0.0203. The number of amides is 1. The van der Waals surface area contributed by atoms with Crippen LogP contribution in [0.25, 0.3) is 0 Å². The summed E-state index contributed by atoms with van der Waals surface area (Å²) < 4.78 is 14.0. The number of nitrogens with zero attached hydrogens (tertiary/aromatic N) is 3. The summed E-state index contributed by atoms with van der Waals surface area (Å²) in [6.07, 6.45) is 5.16. The Labute approximate surface area is 144 Å². The molecule has 126 valence electrons. The van der Waals surface area contributed by atoms with Crippen molar-refractivity contribution in [3.8, 4) is 6.01 Å². The highest BCUT2D eigenvalue weighted by Gasteiger charge is 2.30. The van der Waals surface area contributed by atoms with Crippen molar-refractivity contribution in [1.82, 2.24) is 14.5 Å². The van der Waals surface area contributed by atoms with E-state index < -0.39 is 5.60 Å². The van der Waals surface area contributed by atoms with Crippen LogP contribution in [0.3, 0.4) is 0 Å². The number of ether oxygens (including phenoxy) is 2. The van der Waals surface area contributed by atoms with Gasteiger partial charge in [-0.05, 0) is 33.6 Å². The van der Waals surface area contributed by atoms with Gasteiger partial charge in [-0.3, -0.25) is 4.57 Å². The predicted octanol–water partition coefficient (Wildman–Crippen LogP) is 3.63. The molecular formula is C16H22BrN3O3. The zero-order chi connectivity index (χ0) is 16.6. The van der Waals surface area contributed by atoms with Gasteiger partial charge < -0.3 is 14.4 Å². The monoisotopic (exact) mass is 383 g/mol. The summed E-state index contributed by atoms with van der Waals surface area (Å²) in [7, 11) is 0.